The summed E-state index contributed by atoms with van der Waals surface area (Å²) in [5.74, 6) is -1.07. The van der Waals surface area contributed by atoms with Crippen molar-refractivity contribution < 1.29 is 18.0 Å². The lowest BCUT2D eigenvalue weighted by Crippen LogP contribution is -2.49. The van der Waals surface area contributed by atoms with Gasteiger partial charge < -0.3 is 10.2 Å². The van der Waals surface area contributed by atoms with Gasteiger partial charge in [-0.15, -0.1) is 0 Å². The van der Waals surface area contributed by atoms with Crippen LogP contribution in [0.5, 0.6) is 0 Å². The highest BCUT2D eigenvalue weighted by Crippen LogP contribution is 2.16. The van der Waals surface area contributed by atoms with Gasteiger partial charge in [-0.2, -0.15) is 0 Å². The first-order valence-electron chi connectivity index (χ1n) is 7.99. The molecule has 1 atom stereocenters. The van der Waals surface area contributed by atoms with E-state index in [-0.39, 0.29) is 10.9 Å². The second-order valence-corrected chi connectivity index (χ2v) is 7.60. The number of amides is 2. The maximum Gasteiger partial charge on any atom is 0.312 e. The summed E-state index contributed by atoms with van der Waals surface area (Å²) >= 11 is 0. The Hall–Kier alpha value is -1.93. The van der Waals surface area contributed by atoms with Crippen LogP contribution in [-0.4, -0.2) is 44.3 Å². The minimum absolute atomic E-state index is 0.0459. The summed E-state index contributed by atoms with van der Waals surface area (Å²) in [5, 5.41) is 7.66. The molecule has 3 N–H and O–H groups in total. The van der Waals surface area contributed by atoms with Gasteiger partial charge in [0, 0.05) is 19.1 Å². The average Bonchev–Trinajstić information content (AvgIpc) is 2.54. The number of hydrogen-bond acceptors (Lipinski definition) is 4. The predicted molar refractivity (Wildman–Crippen MR) is 89.6 cm³/mol. The molecule has 8 heteroatoms. The Labute approximate surface area is 142 Å². The SMILES string of the molecule is CC1CCCCN1C(=O)C(=O)NCCc1ccc(S(N)(=O)=O)cc1. The number of carbonyl (C=O) groups is 2. The maximum absolute atomic E-state index is 12.1. The van der Waals surface area contributed by atoms with Gasteiger partial charge in [-0.25, -0.2) is 13.6 Å². The van der Waals surface area contributed by atoms with E-state index in [1.165, 1.54) is 12.1 Å². The van der Waals surface area contributed by atoms with Crippen molar-refractivity contribution in [3.63, 3.8) is 0 Å². The zero-order valence-corrected chi connectivity index (χ0v) is 14.5. The Morgan fingerprint density at radius 1 is 1.25 bits per heavy atom. The smallest absolute Gasteiger partial charge is 0.312 e. The molecule has 132 valence electrons. The van der Waals surface area contributed by atoms with Crippen molar-refractivity contribution >= 4 is 21.8 Å². The van der Waals surface area contributed by atoms with Crippen LogP contribution >= 0.6 is 0 Å². The first-order chi connectivity index (χ1) is 11.3. The van der Waals surface area contributed by atoms with E-state index in [2.05, 4.69) is 5.32 Å². The van der Waals surface area contributed by atoms with E-state index in [1.54, 1.807) is 17.0 Å². The zero-order valence-electron chi connectivity index (χ0n) is 13.7. The molecule has 1 saturated heterocycles. The number of piperidine rings is 1. The van der Waals surface area contributed by atoms with E-state index >= 15 is 0 Å². The molecule has 1 aliphatic rings. The number of primary sulfonamides is 1. The van der Waals surface area contributed by atoms with Gasteiger partial charge in [0.15, 0.2) is 0 Å². The fourth-order valence-electron chi connectivity index (χ4n) is 2.77. The molecule has 24 heavy (non-hydrogen) atoms. The number of likely N-dealkylation sites (tertiary alicyclic amines) is 1. The summed E-state index contributed by atoms with van der Waals surface area (Å²) in [6.45, 7) is 2.89. The molecule has 1 fully saturated rings. The molecular weight excluding hydrogens is 330 g/mol. The second kappa shape index (κ2) is 7.76. The third-order valence-electron chi connectivity index (χ3n) is 4.21. The van der Waals surface area contributed by atoms with E-state index < -0.39 is 21.8 Å². The summed E-state index contributed by atoms with van der Waals surface area (Å²) < 4.78 is 22.4. The molecule has 2 rings (SSSR count). The van der Waals surface area contributed by atoms with Crippen LogP contribution in [0.2, 0.25) is 0 Å². The summed E-state index contributed by atoms with van der Waals surface area (Å²) in [7, 11) is -3.70. The largest absolute Gasteiger partial charge is 0.347 e. The second-order valence-electron chi connectivity index (χ2n) is 6.04. The molecule has 1 aromatic rings. The quantitative estimate of drug-likeness (QED) is 0.763. The van der Waals surface area contributed by atoms with Crippen LogP contribution in [0.4, 0.5) is 0 Å². The number of rotatable bonds is 4. The van der Waals surface area contributed by atoms with E-state index in [0.717, 1.165) is 24.8 Å². The number of nitrogens with zero attached hydrogens (tertiary/aromatic N) is 1. The van der Waals surface area contributed by atoms with Crippen LogP contribution in [-0.2, 0) is 26.0 Å². The lowest BCUT2D eigenvalue weighted by Gasteiger charge is -2.32. The number of sulfonamides is 1. The molecule has 0 radical (unpaired) electrons. The number of carbonyl (C=O) groups excluding carboxylic acids is 2. The molecule has 0 spiro atoms. The van der Waals surface area contributed by atoms with Crippen molar-refractivity contribution in [3.05, 3.63) is 29.8 Å². The average molecular weight is 353 g/mol. The van der Waals surface area contributed by atoms with Crippen LogP contribution < -0.4 is 10.5 Å². The van der Waals surface area contributed by atoms with Gasteiger partial charge in [0.2, 0.25) is 10.0 Å². The highest BCUT2D eigenvalue weighted by Gasteiger charge is 2.27. The lowest BCUT2D eigenvalue weighted by molar-refractivity contribution is -0.148. The van der Waals surface area contributed by atoms with Crippen molar-refractivity contribution in [1.82, 2.24) is 10.2 Å². The third kappa shape index (κ3) is 4.78. The molecule has 1 aliphatic heterocycles. The first-order valence-corrected chi connectivity index (χ1v) is 9.54. The topological polar surface area (TPSA) is 110 Å². The molecule has 1 unspecified atom stereocenters. The van der Waals surface area contributed by atoms with Crippen molar-refractivity contribution in [2.24, 2.45) is 5.14 Å². The lowest BCUT2D eigenvalue weighted by atomic mass is 10.0. The molecular formula is C16H23N3O4S. The fraction of sp³-hybridized carbons (Fsp3) is 0.500. The van der Waals surface area contributed by atoms with Gasteiger partial charge in [0.1, 0.15) is 0 Å². The summed E-state index contributed by atoms with van der Waals surface area (Å²) in [6.07, 6.45) is 3.44. The van der Waals surface area contributed by atoms with Crippen LogP contribution in [0.3, 0.4) is 0 Å². The molecule has 7 nitrogen and oxygen atoms in total. The van der Waals surface area contributed by atoms with E-state index in [1.807, 2.05) is 6.92 Å². The molecule has 1 aromatic carbocycles. The summed E-state index contributed by atoms with van der Waals surface area (Å²) in [4.78, 5) is 25.8. The van der Waals surface area contributed by atoms with Crippen LogP contribution in [0.25, 0.3) is 0 Å². The Morgan fingerprint density at radius 2 is 1.92 bits per heavy atom. The Balaban J connectivity index is 1.83. The fourth-order valence-corrected chi connectivity index (χ4v) is 3.29. The molecule has 0 aliphatic carbocycles. The minimum Gasteiger partial charge on any atom is -0.347 e. The van der Waals surface area contributed by atoms with Gasteiger partial charge in [-0.1, -0.05) is 12.1 Å². The Morgan fingerprint density at radius 3 is 2.50 bits per heavy atom. The molecule has 0 aromatic heterocycles. The van der Waals surface area contributed by atoms with E-state index in [9.17, 15) is 18.0 Å². The molecule has 0 saturated carbocycles. The van der Waals surface area contributed by atoms with Crippen LogP contribution in [0, 0.1) is 0 Å². The normalized spacial score (nSPS) is 18.2. The summed E-state index contributed by atoms with van der Waals surface area (Å²) in [6, 6.07) is 6.23. The van der Waals surface area contributed by atoms with Crippen LogP contribution in [0.15, 0.2) is 29.2 Å². The van der Waals surface area contributed by atoms with Gasteiger partial charge in [0.25, 0.3) is 0 Å². The van der Waals surface area contributed by atoms with E-state index in [4.69, 9.17) is 5.14 Å². The predicted octanol–water partition coefficient (Wildman–Crippen LogP) is 0.394. The summed E-state index contributed by atoms with van der Waals surface area (Å²) in [5.41, 5.74) is 0.849. The van der Waals surface area contributed by atoms with Gasteiger partial charge in [0.05, 0.1) is 4.90 Å². The van der Waals surface area contributed by atoms with Crippen molar-refractivity contribution in [2.75, 3.05) is 13.1 Å². The zero-order chi connectivity index (χ0) is 17.7. The van der Waals surface area contributed by atoms with Gasteiger partial charge in [-0.05, 0) is 50.3 Å². The van der Waals surface area contributed by atoms with Gasteiger partial charge in [-0.3, -0.25) is 9.59 Å². The highest BCUT2D eigenvalue weighted by molar-refractivity contribution is 7.89. The van der Waals surface area contributed by atoms with E-state index in [0.29, 0.717) is 19.5 Å². The molecule has 1 heterocycles. The third-order valence-corrected chi connectivity index (χ3v) is 5.14. The Kier molecular flexibility index (Phi) is 5.95. The van der Waals surface area contributed by atoms with Crippen molar-refractivity contribution in [3.8, 4) is 0 Å². The van der Waals surface area contributed by atoms with Crippen molar-refractivity contribution in [2.45, 2.75) is 43.5 Å². The number of nitrogens with one attached hydrogen (secondary N) is 1. The number of hydrogen-bond donors (Lipinski definition) is 2. The minimum atomic E-state index is -3.70. The van der Waals surface area contributed by atoms with Crippen LogP contribution in [0.1, 0.15) is 31.7 Å². The highest BCUT2D eigenvalue weighted by atomic mass is 32.2. The molecule has 2 amide bonds. The Bertz CT molecular complexity index is 701. The number of benzene rings is 1. The molecule has 0 bridgehead atoms. The van der Waals surface area contributed by atoms with Gasteiger partial charge >= 0.3 is 11.8 Å². The first kappa shape index (κ1) is 18.4. The monoisotopic (exact) mass is 353 g/mol. The maximum atomic E-state index is 12.1. The standard InChI is InChI=1S/C16H23N3O4S/c1-12-4-2-3-11-19(12)16(21)15(20)18-10-9-13-5-7-14(8-6-13)24(17,22)23/h5-8,12H,2-4,9-11H2,1H3,(H,18,20)(H2,17,22,23). The van der Waals surface area contributed by atoms with Crippen molar-refractivity contribution in [1.29, 1.82) is 0 Å². The number of nitrogens with two attached hydrogens (primary N) is 1.